The van der Waals surface area contributed by atoms with Crippen LogP contribution in [0.15, 0.2) is 54.6 Å². The van der Waals surface area contributed by atoms with Crippen molar-refractivity contribution in [3.05, 3.63) is 70.7 Å². The summed E-state index contributed by atoms with van der Waals surface area (Å²) in [7, 11) is 1.53. The Kier molecular flexibility index (Phi) is 4.98. The molecular weight excluding hydrogens is 322 g/mol. The van der Waals surface area contributed by atoms with E-state index in [9.17, 15) is 4.79 Å². The van der Waals surface area contributed by atoms with Gasteiger partial charge in [-0.1, -0.05) is 59.9 Å². The molecule has 0 fully saturated rings. The van der Waals surface area contributed by atoms with Gasteiger partial charge in [-0.3, -0.25) is 10.1 Å². The summed E-state index contributed by atoms with van der Waals surface area (Å²) in [6.45, 7) is 0. The highest BCUT2D eigenvalue weighted by Crippen LogP contribution is 2.22. The number of anilines is 1. The van der Waals surface area contributed by atoms with Gasteiger partial charge in [0.15, 0.2) is 0 Å². The molecule has 0 saturated heterocycles. The maximum absolute atomic E-state index is 12.3. The van der Waals surface area contributed by atoms with Crippen LogP contribution in [0, 0.1) is 0 Å². The Morgan fingerprint density at radius 3 is 2.58 bits per heavy atom. The fourth-order valence-electron chi connectivity index (χ4n) is 2.08. The Morgan fingerprint density at radius 2 is 1.79 bits per heavy atom. The molecule has 3 rings (SSSR count). The molecule has 2 aromatic carbocycles. The van der Waals surface area contributed by atoms with Gasteiger partial charge >= 0.3 is 0 Å². The maximum Gasteiger partial charge on any atom is 0.261 e. The van der Waals surface area contributed by atoms with E-state index < -0.39 is 0 Å². The lowest BCUT2D eigenvalue weighted by atomic mass is 10.2. The highest BCUT2D eigenvalue weighted by atomic mass is 32.1. The number of aromatic nitrogens is 2. The Balaban J connectivity index is 1.70. The number of amides is 1. The number of para-hydroxylation sites is 1. The summed E-state index contributed by atoms with van der Waals surface area (Å²) < 4.78 is 5.19. The van der Waals surface area contributed by atoms with Crippen molar-refractivity contribution in [1.82, 2.24) is 10.2 Å². The second kappa shape index (κ2) is 7.52. The minimum atomic E-state index is -0.276. The fraction of sp³-hybridized carbons (Fsp3) is 0.0556. The molecule has 120 valence electrons. The smallest absolute Gasteiger partial charge is 0.261 e. The minimum absolute atomic E-state index is 0.276. The molecule has 1 amide bonds. The van der Waals surface area contributed by atoms with Gasteiger partial charge in [0.1, 0.15) is 10.8 Å². The minimum Gasteiger partial charge on any atom is -0.496 e. The van der Waals surface area contributed by atoms with Gasteiger partial charge < -0.3 is 4.74 Å². The third kappa shape index (κ3) is 3.85. The van der Waals surface area contributed by atoms with Crippen LogP contribution >= 0.6 is 11.3 Å². The van der Waals surface area contributed by atoms with Crippen LogP contribution in [0.3, 0.4) is 0 Å². The number of hydrogen-bond acceptors (Lipinski definition) is 5. The molecule has 1 heterocycles. The number of carbonyl (C=O) groups is 1. The summed E-state index contributed by atoms with van der Waals surface area (Å²) >= 11 is 1.31. The van der Waals surface area contributed by atoms with E-state index in [2.05, 4.69) is 15.5 Å². The van der Waals surface area contributed by atoms with E-state index in [0.29, 0.717) is 21.5 Å². The molecule has 0 aliphatic rings. The van der Waals surface area contributed by atoms with Gasteiger partial charge in [-0.25, -0.2) is 0 Å². The fourth-order valence-corrected chi connectivity index (χ4v) is 2.72. The highest BCUT2D eigenvalue weighted by molar-refractivity contribution is 7.16. The van der Waals surface area contributed by atoms with Crippen LogP contribution in [0.2, 0.25) is 0 Å². The van der Waals surface area contributed by atoms with Gasteiger partial charge in [0.25, 0.3) is 5.91 Å². The lowest BCUT2D eigenvalue weighted by Crippen LogP contribution is -2.12. The summed E-state index contributed by atoms with van der Waals surface area (Å²) in [5.41, 5.74) is 1.53. The number of rotatable bonds is 5. The van der Waals surface area contributed by atoms with E-state index in [4.69, 9.17) is 4.74 Å². The van der Waals surface area contributed by atoms with Gasteiger partial charge in [0.2, 0.25) is 5.13 Å². The van der Waals surface area contributed by atoms with Crippen molar-refractivity contribution in [3.8, 4) is 5.75 Å². The van der Waals surface area contributed by atoms with Crippen LogP contribution in [0.1, 0.15) is 20.9 Å². The second-order valence-electron chi connectivity index (χ2n) is 4.84. The van der Waals surface area contributed by atoms with Crippen LogP contribution in [0.4, 0.5) is 5.13 Å². The van der Waals surface area contributed by atoms with E-state index in [1.54, 1.807) is 18.2 Å². The molecule has 1 N–H and O–H groups in total. The molecule has 0 saturated carbocycles. The van der Waals surface area contributed by atoms with Crippen LogP contribution in [0.5, 0.6) is 5.75 Å². The molecule has 6 heteroatoms. The van der Waals surface area contributed by atoms with Crippen molar-refractivity contribution in [3.63, 3.8) is 0 Å². The first-order valence-corrected chi connectivity index (χ1v) is 8.09. The molecule has 1 aromatic heterocycles. The van der Waals surface area contributed by atoms with E-state index in [1.165, 1.54) is 18.4 Å². The maximum atomic E-state index is 12.3. The topological polar surface area (TPSA) is 64.1 Å². The molecule has 5 nitrogen and oxygen atoms in total. The zero-order valence-electron chi connectivity index (χ0n) is 13.0. The average Bonchev–Trinajstić information content (AvgIpc) is 3.08. The molecule has 3 aromatic rings. The first kappa shape index (κ1) is 15.9. The molecule has 0 bridgehead atoms. The van der Waals surface area contributed by atoms with Crippen LogP contribution in [-0.2, 0) is 0 Å². The lowest BCUT2D eigenvalue weighted by Gasteiger charge is -2.06. The second-order valence-corrected chi connectivity index (χ2v) is 5.85. The number of ether oxygens (including phenoxy) is 1. The van der Waals surface area contributed by atoms with Gasteiger partial charge in [-0.05, 0) is 23.8 Å². The van der Waals surface area contributed by atoms with Crippen LogP contribution in [-0.4, -0.2) is 23.2 Å². The molecule has 0 aliphatic heterocycles. The monoisotopic (exact) mass is 337 g/mol. The molecule has 0 radical (unpaired) electrons. The molecule has 0 spiro atoms. The molecule has 0 aliphatic carbocycles. The SMILES string of the molecule is COc1ccccc1C(=O)Nc1nnc(/C=C/c2ccccc2)s1. The summed E-state index contributed by atoms with van der Waals surface area (Å²) in [6.07, 6.45) is 3.82. The first-order valence-electron chi connectivity index (χ1n) is 7.27. The van der Waals surface area contributed by atoms with Crippen molar-refractivity contribution in [2.45, 2.75) is 0 Å². The Hall–Kier alpha value is -2.99. The van der Waals surface area contributed by atoms with E-state index in [-0.39, 0.29) is 5.91 Å². The number of benzene rings is 2. The number of carbonyl (C=O) groups excluding carboxylic acids is 1. The predicted octanol–water partition coefficient (Wildman–Crippen LogP) is 3.97. The number of nitrogens with zero attached hydrogens (tertiary/aromatic N) is 2. The van der Waals surface area contributed by atoms with Gasteiger partial charge in [-0.15, -0.1) is 10.2 Å². The molecule has 0 atom stereocenters. The quantitative estimate of drug-likeness (QED) is 0.765. The molecule has 0 unspecified atom stereocenters. The zero-order chi connectivity index (χ0) is 16.8. The van der Waals surface area contributed by atoms with Crippen molar-refractivity contribution in [1.29, 1.82) is 0 Å². The Morgan fingerprint density at radius 1 is 1.04 bits per heavy atom. The summed E-state index contributed by atoms with van der Waals surface area (Å²) in [4.78, 5) is 12.3. The zero-order valence-corrected chi connectivity index (χ0v) is 13.8. The van der Waals surface area contributed by atoms with Crippen molar-refractivity contribution >= 4 is 34.5 Å². The summed E-state index contributed by atoms with van der Waals surface area (Å²) in [6, 6.07) is 16.9. The summed E-state index contributed by atoms with van der Waals surface area (Å²) in [5.74, 6) is 0.242. The van der Waals surface area contributed by atoms with E-state index in [1.807, 2.05) is 48.6 Å². The van der Waals surface area contributed by atoms with Gasteiger partial charge in [0, 0.05) is 0 Å². The van der Waals surface area contributed by atoms with Gasteiger partial charge in [0.05, 0.1) is 12.7 Å². The number of nitrogens with one attached hydrogen (secondary N) is 1. The number of hydrogen-bond donors (Lipinski definition) is 1. The largest absolute Gasteiger partial charge is 0.496 e. The highest BCUT2D eigenvalue weighted by Gasteiger charge is 2.13. The van der Waals surface area contributed by atoms with E-state index in [0.717, 1.165) is 5.56 Å². The van der Waals surface area contributed by atoms with E-state index >= 15 is 0 Å². The number of methoxy groups -OCH3 is 1. The summed E-state index contributed by atoms with van der Waals surface area (Å²) in [5, 5.41) is 12.0. The predicted molar refractivity (Wildman–Crippen MR) is 96.2 cm³/mol. The van der Waals surface area contributed by atoms with Gasteiger partial charge in [-0.2, -0.15) is 0 Å². The first-order chi connectivity index (χ1) is 11.8. The Bertz CT molecular complexity index is 859. The third-order valence-electron chi connectivity index (χ3n) is 3.23. The Labute approximate surface area is 143 Å². The van der Waals surface area contributed by atoms with Crippen LogP contribution in [0.25, 0.3) is 12.2 Å². The van der Waals surface area contributed by atoms with Crippen molar-refractivity contribution in [2.75, 3.05) is 12.4 Å². The molecular formula is C18H15N3O2S. The van der Waals surface area contributed by atoms with Crippen molar-refractivity contribution in [2.24, 2.45) is 0 Å². The third-order valence-corrected chi connectivity index (χ3v) is 4.03. The lowest BCUT2D eigenvalue weighted by molar-refractivity contribution is 0.102. The van der Waals surface area contributed by atoms with Crippen LogP contribution < -0.4 is 10.1 Å². The molecule has 24 heavy (non-hydrogen) atoms. The average molecular weight is 337 g/mol. The normalized spacial score (nSPS) is 10.7. The standard InChI is InChI=1S/C18H15N3O2S/c1-23-15-10-6-5-9-14(15)17(22)19-18-21-20-16(24-18)12-11-13-7-3-2-4-8-13/h2-12H,1H3,(H,19,21,22)/b12-11+. The van der Waals surface area contributed by atoms with Crippen molar-refractivity contribution < 1.29 is 9.53 Å².